The Kier molecular flexibility index (Phi) is 7.07. The maximum atomic E-state index is 9.19. The number of aromatic nitrogens is 1. The van der Waals surface area contributed by atoms with E-state index in [9.17, 15) is 8.42 Å². The van der Waals surface area contributed by atoms with Gasteiger partial charge in [0.15, 0.2) is 0 Å². The summed E-state index contributed by atoms with van der Waals surface area (Å²) in [6.45, 7) is 0. The molecule has 0 spiro atoms. The van der Waals surface area contributed by atoms with Crippen molar-refractivity contribution in [1.29, 1.82) is 0 Å². The summed E-state index contributed by atoms with van der Waals surface area (Å²) >= 11 is 0. The Morgan fingerprint density at radius 3 is 2.43 bits per heavy atom. The minimum absolute atomic E-state index is 0.0660. The molecule has 0 bridgehead atoms. The Balaban J connectivity index is 0.000000500. The number of nitrogens with zero attached hydrogens (tertiary/aromatic N) is 3. The molecule has 5 N–H and O–H groups in total. The van der Waals surface area contributed by atoms with Crippen LogP contribution in [0.4, 0.5) is 0 Å². The standard InChI is InChI=1S/C17H19N5O.CH4O3S/c1-23-15-7-8-20-13-9-12(11-5-3-2-4-6-11)10-14(16(13)15)21-22-17(18)19;1-5(2,3)4/h2-8,12H,9-10H2,1H3,(H4,18,19,22);1H3,(H,2,3,4). The first-order chi connectivity index (χ1) is 13.2. The van der Waals surface area contributed by atoms with E-state index in [1.54, 1.807) is 13.3 Å². The average molecular weight is 405 g/mol. The van der Waals surface area contributed by atoms with Gasteiger partial charge in [-0.25, -0.2) is 0 Å². The van der Waals surface area contributed by atoms with Gasteiger partial charge in [0.1, 0.15) is 5.75 Å². The fourth-order valence-corrected chi connectivity index (χ4v) is 2.93. The molecule has 28 heavy (non-hydrogen) atoms. The zero-order valence-electron chi connectivity index (χ0n) is 15.6. The van der Waals surface area contributed by atoms with Crippen LogP contribution in [0.2, 0.25) is 0 Å². The van der Waals surface area contributed by atoms with Crippen molar-refractivity contribution in [3.05, 3.63) is 59.4 Å². The van der Waals surface area contributed by atoms with Crippen molar-refractivity contribution >= 4 is 21.8 Å². The molecule has 1 aromatic carbocycles. The molecule has 1 heterocycles. The van der Waals surface area contributed by atoms with Crippen LogP contribution in [0.5, 0.6) is 5.75 Å². The molecule has 0 amide bonds. The van der Waals surface area contributed by atoms with Crippen LogP contribution in [0.15, 0.2) is 52.8 Å². The molecular weight excluding hydrogens is 382 g/mol. The van der Waals surface area contributed by atoms with Gasteiger partial charge in [-0.1, -0.05) is 30.3 Å². The van der Waals surface area contributed by atoms with E-state index < -0.39 is 10.1 Å². The fourth-order valence-electron chi connectivity index (χ4n) is 2.93. The molecule has 1 aliphatic rings. The van der Waals surface area contributed by atoms with Crippen LogP contribution >= 0.6 is 0 Å². The molecule has 0 fully saturated rings. The monoisotopic (exact) mass is 405 g/mol. The van der Waals surface area contributed by atoms with Gasteiger partial charge in [-0.05, 0) is 30.4 Å². The van der Waals surface area contributed by atoms with Crippen LogP contribution in [0.1, 0.15) is 29.2 Å². The summed E-state index contributed by atoms with van der Waals surface area (Å²) in [7, 11) is -2.03. The van der Waals surface area contributed by atoms with Crippen LogP contribution in [0.25, 0.3) is 0 Å². The van der Waals surface area contributed by atoms with Crippen LogP contribution in [-0.2, 0) is 16.5 Å². The molecule has 10 heteroatoms. The summed E-state index contributed by atoms with van der Waals surface area (Å²) in [6, 6.07) is 12.2. The van der Waals surface area contributed by atoms with Crippen molar-refractivity contribution in [3.63, 3.8) is 0 Å². The molecule has 2 aromatic rings. The van der Waals surface area contributed by atoms with Crippen molar-refractivity contribution in [2.24, 2.45) is 21.7 Å². The third kappa shape index (κ3) is 6.32. The Hall–Kier alpha value is -2.98. The maximum Gasteiger partial charge on any atom is 0.261 e. The summed E-state index contributed by atoms with van der Waals surface area (Å²) in [5, 5.41) is 8.07. The largest absolute Gasteiger partial charge is 0.496 e. The predicted octanol–water partition coefficient (Wildman–Crippen LogP) is 1.30. The molecule has 9 nitrogen and oxygen atoms in total. The smallest absolute Gasteiger partial charge is 0.261 e. The number of fused-ring (bicyclic) bond motifs is 1. The molecule has 150 valence electrons. The lowest BCUT2D eigenvalue weighted by Crippen LogP contribution is -2.24. The molecule has 1 aliphatic carbocycles. The minimum Gasteiger partial charge on any atom is -0.496 e. The lowest BCUT2D eigenvalue weighted by Gasteiger charge is -2.26. The minimum atomic E-state index is -3.67. The third-order valence-electron chi connectivity index (χ3n) is 3.94. The highest BCUT2D eigenvalue weighted by atomic mass is 32.2. The SMILES string of the molecule is COc1ccnc2c1C(=NN=C(N)N)CC(c1ccccc1)C2.CS(=O)(=O)O. The summed E-state index contributed by atoms with van der Waals surface area (Å²) < 4.78 is 31.3. The highest BCUT2D eigenvalue weighted by Crippen LogP contribution is 2.36. The second-order valence-corrected chi connectivity index (χ2v) is 7.62. The molecule has 0 aliphatic heterocycles. The van der Waals surface area contributed by atoms with Crippen molar-refractivity contribution in [2.75, 3.05) is 13.4 Å². The number of pyridine rings is 1. The van der Waals surface area contributed by atoms with E-state index in [2.05, 4.69) is 27.3 Å². The Bertz CT molecular complexity index is 963. The van der Waals surface area contributed by atoms with Gasteiger partial charge in [-0.2, -0.15) is 13.5 Å². The first-order valence-corrected chi connectivity index (χ1v) is 10.2. The number of ether oxygens (including phenoxy) is 1. The van der Waals surface area contributed by atoms with Crippen LogP contribution in [-0.4, -0.2) is 43.0 Å². The van der Waals surface area contributed by atoms with Crippen molar-refractivity contribution in [1.82, 2.24) is 4.98 Å². The second kappa shape index (κ2) is 9.29. The van der Waals surface area contributed by atoms with E-state index in [0.29, 0.717) is 6.26 Å². The molecule has 0 saturated carbocycles. The zero-order chi connectivity index (χ0) is 20.7. The highest BCUT2D eigenvalue weighted by Gasteiger charge is 2.28. The van der Waals surface area contributed by atoms with E-state index in [-0.39, 0.29) is 11.9 Å². The summed E-state index contributed by atoms with van der Waals surface area (Å²) in [6.07, 6.45) is 4.03. The van der Waals surface area contributed by atoms with E-state index in [0.717, 1.165) is 35.6 Å². The summed E-state index contributed by atoms with van der Waals surface area (Å²) in [4.78, 5) is 4.51. The molecule has 3 rings (SSSR count). The molecule has 0 radical (unpaired) electrons. The molecule has 1 unspecified atom stereocenters. The third-order valence-corrected chi connectivity index (χ3v) is 3.94. The number of guanidine groups is 1. The lowest BCUT2D eigenvalue weighted by atomic mass is 9.81. The molecule has 0 saturated heterocycles. The fraction of sp³-hybridized carbons (Fsp3) is 0.278. The van der Waals surface area contributed by atoms with Crippen molar-refractivity contribution in [2.45, 2.75) is 18.8 Å². The Morgan fingerprint density at radius 1 is 1.21 bits per heavy atom. The van der Waals surface area contributed by atoms with Crippen LogP contribution in [0.3, 0.4) is 0 Å². The van der Waals surface area contributed by atoms with Crippen LogP contribution < -0.4 is 16.2 Å². The number of rotatable bonds is 3. The highest BCUT2D eigenvalue weighted by molar-refractivity contribution is 7.85. The van der Waals surface area contributed by atoms with Crippen molar-refractivity contribution in [3.8, 4) is 5.75 Å². The number of nitrogens with two attached hydrogens (primary N) is 2. The van der Waals surface area contributed by atoms with Gasteiger partial charge < -0.3 is 16.2 Å². The summed E-state index contributed by atoms with van der Waals surface area (Å²) in [5.74, 6) is 0.964. The van der Waals surface area contributed by atoms with E-state index in [1.165, 1.54) is 5.56 Å². The van der Waals surface area contributed by atoms with E-state index in [4.69, 9.17) is 20.8 Å². The molecular formula is C18H23N5O4S. The number of methoxy groups -OCH3 is 1. The lowest BCUT2D eigenvalue weighted by molar-refractivity contribution is 0.411. The van der Waals surface area contributed by atoms with Gasteiger partial charge in [0.2, 0.25) is 5.96 Å². The predicted molar refractivity (Wildman–Crippen MR) is 108 cm³/mol. The first kappa shape index (κ1) is 21.3. The Morgan fingerprint density at radius 2 is 1.86 bits per heavy atom. The second-order valence-electron chi connectivity index (χ2n) is 6.16. The van der Waals surface area contributed by atoms with Gasteiger partial charge in [-0.3, -0.25) is 9.54 Å². The van der Waals surface area contributed by atoms with Gasteiger partial charge in [0, 0.05) is 6.20 Å². The topological polar surface area (TPSA) is 153 Å². The average Bonchev–Trinajstić information content (AvgIpc) is 2.64. The van der Waals surface area contributed by atoms with Crippen LogP contribution in [0, 0.1) is 0 Å². The first-order valence-electron chi connectivity index (χ1n) is 8.34. The normalized spacial score (nSPS) is 17.1. The number of hydrogen-bond donors (Lipinski definition) is 3. The molecule has 1 atom stereocenters. The van der Waals surface area contributed by atoms with Gasteiger partial charge in [-0.15, -0.1) is 5.10 Å². The molecule has 1 aromatic heterocycles. The van der Waals surface area contributed by atoms with Gasteiger partial charge in [0.05, 0.1) is 30.3 Å². The number of hydrogen-bond acceptors (Lipinski definition) is 6. The Labute approximate surface area is 163 Å². The van der Waals surface area contributed by atoms with E-state index >= 15 is 0 Å². The van der Waals surface area contributed by atoms with Gasteiger partial charge >= 0.3 is 0 Å². The summed E-state index contributed by atoms with van der Waals surface area (Å²) in [5.41, 5.74) is 14.7. The van der Waals surface area contributed by atoms with Gasteiger partial charge in [0.25, 0.3) is 10.1 Å². The maximum absolute atomic E-state index is 9.19. The number of benzene rings is 1. The zero-order valence-corrected chi connectivity index (χ0v) is 16.4. The van der Waals surface area contributed by atoms with Crippen molar-refractivity contribution < 1.29 is 17.7 Å². The van der Waals surface area contributed by atoms with E-state index in [1.807, 2.05) is 24.3 Å². The quantitative estimate of drug-likeness (QED) is 0.301.